The molecule has 0 spiro atoms. The van der Waals surface area contributed by atoms with E-state index in [1.165, 1.54) is 32.7 Å². The first-order chi connectivity index (χ1) is 14.8. The number of rotatable bonds is 5. The van der Waals surface area contributed by atoms with Gasteiger partial charge < -0.3 is 4.90 Å². The number of quaternary nitrogens is 1. The summed E-state index contributed by atoms with van der Waals surface area (Å²) in [5, 5.41) is 13.0. The highest BCUT2D eigenvalue weighted by Crippen LogP contribution is 2.21. The molecule has 30 heavy (non-hydrogen) atoms. The van der Waals surface area contributed by atoms with E-state index >= 15 is 0 Å². The molecule has 1 N–H and O–H groups in total. The molecule has 0 saturated carbocycles. The first-order valence-corrected chi connectivity index (χ1v) is 10.6. The summed E-state index contributed by atoms with van der Waals surface area (Å²) < 4.78 is 1.97. The van der Waals surface area contributed by atoms with Crippen LogP contribution in [0.3, 0.4) is 0 Å². The fourth-order valence-corrected chi connectivity index (χ4v) is 4.46. The molecule has 0 amide bonds. The van der Waals surface area contributed by atoms with Crippen LogP contribution in [-0.2, 0) is 19.5 Å². The van der Waals surface area contributed by atoms with E-state index in [1.54, 1.807) is 0 Å². The number of benzene rings is 3. The van der Waals surface area contributed by atoms with Crippen LogP contribution < -0.4 is 4.90 Å². The number of fused-ring (bicyclic) bond motifs is 1. The van der Waals surface area contributed by atoms with Gasteiger partial charge in [0.1, 0.15) is 6.54 Å². The average molecular weight is 397 g/mol. The van der Waals surface area contributed by atoms with Crippen LogP contribution in [0.15, 0.2) is 78.9 Å². The van der Waals surface area contributed by atoms with E-state index in [4.69, 9.17) is 0 Å². The lowest BCUT2D eigenvalue weighted by atomic mass is 9.95. The highest BCUT2D eigenvalue weighted by atomic mass is 15.5. The number of nitrogens with one attached hydrogen (secondary N) is 1. The van der Waals surface area contributed by atoms with Crippen LogP contribution in [0.4, 0.5) is 0 Å². The number of aryl methyl sites for hydroxylation is 1. The van der Waals surface area contributed by atoms with Crippen molar-refractivity contribution in [2.24, 2.45) is 0 Å². The Labute approximate surface area is 177 Å². The SMILES string of the molecule is Cc1ccc([C@H](c2nnnn2Cc2ccccc2)[NH+]2CCc3ccccc3C2)cc1. The maximum atomic E-state index is 4.52. The number of nitrogens with zero attached hydrogens (tertiary/aromatic N) is 4. The first-order valence-electron chi connectivity index (χ1n) is 10.6. The van der Waals surface area contributed by atoms with Crippen molar-refractivity contribution in [3.63, 3.8) is 0 Å². The van der Waals surface area contributed by atoms with Gasteiger partial charge in [0, 0.05) is 17.5 Å². The summed E-state index contributed by atoms with van der Waals surface area (Å²) in [6.07, 6.45) is 1.08. The predicted molar refractivity (Wildman–Crippen MR) is 116 cm³/mol. The Bertz CT molecular complexity index is 1120. The van der Waals surface area contributed by atoms with Crippen molar-refractivity contribution in [1.82, 2.24) is 20.2 Å². The molecule has 0 radical (unpaired) electrons. The molecule has 0 bridgehead atoms. The van der Waals surface area contributed by atoms with Gasteiger partial charge in [-0.25, -0.2) is 4.68 Å². The minimum absolute atomic E-state index is 0.0951. The molecule has 1 aromatic heterocycles. The summed E-state index contributed by atoms with van der Waals surface area (Å²) in [6, 6.07) is 28.1. The largest absolute Gasteiger partial charge is 0.318 e. The van der Waals surface area contributed by atoms with Gasteiger partial charge in [0.05, 0.1) is 13.1 Å². The summed E-state index contributed by atoms with van der Waals surface area (Å²) in [5.74, 6) is 0.928. The zero-order valence-corrected chi connectivity index (χ0v) is 17.2. The maximum absolute atomic E-state index is 4.52. The predicted octanol–water partition coefficient (Wildman–Crippen LogP) is 2.76. The van der Waals surface area contributed by atoms with Gasteiger partial charge in [0.15, 0.2) is 6.04 Å². The minimum atomic E-state index is 0.0951. The first kappa shape index (κ1) is 18.7. The van der Waals surface area contributed by atoms with E-state index in [-0.39, 0.29) is 6.04 Å². The Morgan fingerprint density at radius 1 is 0.900 bits per heavy atom. The van der Waals surface area contributed by atoms with E-state index in [9.17, 15) is 0 Å². The molecule has 2 heterocycles. The van der Waals surface area contributed by atoms with Gasteiger partial charge in [-0.05, 0) is 28.5 Å². The molecule has 1 aliphatic rings. The molecule has 0 saturated heterocycles. The van der Waals surface area contributed by atoms with Crippen LogP contribution in [-0.4, -0.2) is 26.8 Å². The van der Waals surface area contributed by atoms with Crippen LogP contribution >= 0.6 is 0 Å². The second-order valence-corrected chi connectivity index (χ2v) is 8.13. The van der Waals surface area contributed by atoms with Crippen molar-refractivity contribution in [2.45, 2.75) is 32.5 Å². The van der Waals surface area contributed by atoms with E-state index in [0.29, 0.717) is 6.54 Å². The normalized spacial score (nSPS) is 16.8. The lowest BCUT2D eigenvalue weighted by Gasteiger charge is -2.32. The molecule has 5 heteroatoms. The van der Waals surface area contributed by atoms with E-state index in [0.717, 1.165) is 25.3 Å². The molecular weight excluding hydrogens is 370 g/mol. The summed E-state index contributed by atoms with van der Waals surface area (Å²) in [6.45, 7) is 4.85. The van der Waals surface area contributed by atoms with Gasteiger partial charge >= 0.3 is 0 Å². The van der Waals surface area contributed by atoms with Crippen LogP contribution in [0.2, 0.25) is 0 Å². The van der Waals surface area contributed by atoms with E-state index in [1.807, 2.05) is 10.7 Å². The Morgan fingerprint density at radius 2 is 1.63 bits per heavy atom. The molecule has 1 aliphatic heterocycles. The van der Waals surface area contributed by atoms with Gasteiger partial charge in [-0.3, -0.25) is 0 Å². The van der Waals surface area contributed by atoms with Crippen LogP contribution in [0.25, 0.3) is 0 Å². The Hall–Kier alpha value is -3.31. The van der Waals surface area contributed by atoms with E-state index in [2.05, 4.69) is 95.2 Å². The molecule has 150 valence electrons. The molecule has 5 rings (SSSR count). The van der Waals surface area contributed by atoms with Crippen molar-refractivity contribution >= 4 is 0 Å². The molecule has 1 unspecified atom stereocenters. The van der Waals surface area contributed by atoms with Crippen molar-refractivity contribution < 1.29 is 4.90 Å². The topological polar surface area (TPSA) is 48.0 Å². The summed E-state index contributed by atoms with van der Waals surface area (Å²) >= 11 is 0. The summed E-state index contributed by atoms with van der Waals surface area (Å²) in [5.41, 5.74) is 6.62. The van der Waals surface area contributed by atoms with Crippen LogP contribution in [0.1, 0.15) is 39.7 Å². The highest BCUT2D eigenvalue weighted by Gasteiger charge is 2.34. The number of hydrogen-bond acceptors (Lipinski definition) is 3. The molecule has 5 nitrogen and oxygen atoms in total. The molecule has 0 aliphatic carbocycles. The standard InChI is InChI=1S/C25H25N5/c1-19-11-13-22(14-12-19)24(29-16-15-21-9-5-6-10-23(21)18-29)25-26-27-28-30(25)17-20-7-3-2-4-8-20/h2-14,24H,15-18H2,1H3/p+1/t24-/m1/s1. The highest BCUT2D eigenvalue weighted by molar-refractivity contribution is 5.29. The van der Waals surface area contributed by atoms with E-state index < -0.39 is 0 Å². The number of aromatic nitrogens is 4. The van der Waals surface area contributed by atoms with Gasteiger partial charge in [0.25, 0.3) is 0 Å². The van der Waals surface area contributed by atoms with Crippen molar-refractivity contribution in [3.05, 3.63) is 113 Å². The zero-order chi connectivity index (χ0) is 20.3. The third-order valence-corrected chi connectivity index (χ3v) is 6.06. The van der Waals surface area contributed by atoms with Crippen molar-refractivity contribution in [2.75, 3.05) is 6.54 Å². The lowest BCUT2D eigenvalue weighted by molar-refractivity contribution is -0.941. The second-order valence-electron chi connectivity index (χ2n) is 8.13. The Morgan fingerprint density at radius 3 is 2.43 bits per heavy atom. The Kier molecular flexibility index (Phi) is 5.11. The monoisotopic (exact) mass is 396 g/mol. The average Bonchev–Trinajstić information content (AvgIpc) is 3.23. The fourth-order valence-electron chi connectivity index (χ4n) is 4.46. The van der Waals surface area contributed by atoms with Gasteiger partial charge in [0.2, 0.25) is 5.82 Å². The fraction of sp³-hybridized carbons (Fsp3) is 0.240. The van der Waals surface area contributed by atoms with Crippen LogP contribution in [0, 0.1) is 6.92 Å². The molecule has 2 atom stereocenters. The minimum Gasteiger partial charge on any atom is -0.318 e. The Balaban J connectivity index is 1.53. The van der Waals surface area contributed by atoms with Gasteiger partial charge in [-0.1, -0.05) is 84.4 Å². The van der Waals surface area contributed by atoms with Gasteiger partial charge in [-0.15, -0.1) is 5.10 Å². The maximum Gasteiger partial charge on any atom is 0.214 e. The second kappa shape index (κ2) is 8.20. The third kappa shape index (κ3) is 3.76. The van der Waals surface area contributed by atoms with Crippen molar-refractivity contribution in [1.29, 1.82) is 0 Å². The van der Waals surface area contributed by atoms with Crippen molar-refractivity contribution in [3.8, 4) is 0 Å². The molecular formula is C25H26N5+. The third-order valence-electron chi connectivity index (χ3n) is 6.06. The lowest BCUT2D eigenvalue weighted by Crippen LogP contribution is -3.12. The zero-order valence-electron chi connectivity index (χ0n) is 17.2. The van der Waals surface area contributed by atoms with Gasteiger partial charge in [-0.2, -0.15) is 0 Å². The molecule has 3 aromatic carbocycles. The summed E-state index contributed by atoms with van der Waals surface area (Å²) in [4.78, 5) is 1.49. The number of hydrogen-bond donors (Lipinski definition) is 1. The smallest absolute Gasteiger partial charge is 0.214 e. The molecule has 0 fully saturated rings. The molecule has 4 aromatic rings. The number of tetrazole rings is 1. The van der Waals surface area contributed by atoms with Crippen LogP contribution in [0.5, 0.6) is 0 Å². The summed E-state index contributed by atoms with van der Waals surface area (Å²) in [7, 11) is 0. The quantitative estimate of drug-likeness (QED) is 0.564.